The number of fused-ring (bicyclic) bond motifs is 1. The molecule has 1 aromatic rings. The molecule has 2 unspecified atom stereocenters. The van der Waals surface area contributed by atoms with Crippen LogP contribution in [0.15, 0.2) is 27.8 Å². The first-order valence-electron chi connectivity index (χ1n) is 7.39. The van der Waals surface area contributed by atoms with Crippen molar-refractivity contribution in [2.45, 2.75) is 11.4 Å². The van der Waals surface area contributed by atoms with Crippen molar-refractivity contribution >= 4 is 52.6 Å². The first-order chi connectivity index (χ1) is 12.9. The maximum absolute atomic E-state index is 12.5. The van der Waals surface area contributed by atoms with E-state index in [4.69, 9.17) is 10.2 Å². The predicted molar refractivity (Wildman–Crippen MR) is 93.0 cm³/mol. The third kappa shape index (κ3) is 3.78. The number of carboxylic acids is 2. The Morgan fingerprint density at radius 2 is 2.19 bits per heavy atom. The smallest absolute Gasteiger partial charge is 0.352 e. The zero-order valence-corrected chi connectivity index (χ0v) is 15.0. The van der Waals surface area contributed by atoms with Gasteiger partial charge in [0.15, 0.2) is 5.71 Å². The van der Waals surface area contributed by atoms with Gasteiger partial charge in [0.1, 0.15) is 22.8 Å². The quantitative estimate of drug-likeness (QED) is 0.299. The van der Waals surface area contributed by atoms with Gasteiger partial charge in [-0.15, -0.1) is 23.1 Å². The van der Waals surface area contributed by atoms with E-state index in [2.05, 4.69) is 20.3 Å². The molecule has 2 aliphatic heterocycles. The summed E-state index contributed by atoms with van der Waals surface area (Å²) in [6, 6.07) is -0.936. The molecule has 3 rings (SSSR count). The molecular formula is C14H12N4O7S2. The van der Waals surface area contributed by atoms with Crippen molar-refractivity contribution in [1.82, 2.24) is 15.2 Å². The molecule has 0 bridgehead atoms. The Bertz CT molecular complexity index is 852. The molecule has 27 heavy (non-hydrogen) atoms. The minimum absolute atomic E-state index is 0.118. The largest absolute Gasteiger partial charge is 0.479 e. The minimum Gasteiger partial charge on any atom is -0.479 e. The number of nitrogens with zero attached hydrogens (tertiary/aromatic N) is 3. The van der Waals surface area contributed by atoms with E-state index in [1.165, 1.54) is 40.1 Å². The van der Waals surface area contributed by atoms with Gasteiger partial charge in [-0.05, 0) is 6.08 Å². The van der Waals surface area contributed by atoms with E-state index < -0.39 is 41.8 Å². The standard InChI is InChI=1S/C14H12N4O7S2/c19-8(20)3-25-17-9(6-4-26-5-15-6)11(21)16-10-12(22)18-7(14(23)24)1-2-27-13(10)18/h1,4-5,10,13H,2-3H2,(H,16,21)(H,19,20)(H,23,24). The number of carbonyl (C=O) groups excluding carboxylic acids is 2. The van der Waals surface area contributed by atoms with Gasteiger partial charge in [0, 0.05) is 11.1 Å². The van der Waals surface area contributed by atoms with Crippen molar-refractivity contribution < 1.29 is 34.2 Å². The Kier molecular flexibility index (Phi) is 5.41. The van der Waals surface area contributed by atoms with Gasteiger partial charge >= 0.3 is 11.9 Å². The maximum atomic E-state index is 12.5. The summed E-state index contributed by atoms with van der Waals surface area (Å²) in [5, 5.41) is 24.7. The van der Waals surface area contributed by atoms with Gasteiger partial charge in [-0.2, -0.15) is 0 Å². The highest BCUT2D eigenvalue weighted by atomic mass is 32.2. The summed E-state index contributed by atoms with van der Waals surface area (Å²) in [5.74, 6) is -3.44. The first-order valence-corrected chi connectivity index (χ1v) is 9.38. The summed E-state index contributed by atoms with van der Waals surface area (Å²) in [6.07, 6.45) is 1.43. The lowest BCUT2D eigenvalue weighted by Gasteiger charge is -2.48. The predicted octanol–water partition coefficient (Wildman–Crippen LogP) is -0.683. The molecule has 1 saturated heterocycles. The van der Waals surface area contributed by atoms with Crippen LogP contribution in [0.3, 0.4) is 0 Å². The van der Waals surface area contributed by atoms with E-state index in [9.17, 15) is 19.2 Å². The van der Waals surface area contributed by atoms with Gasteiger partial charge in [0.05, 0.1) is 5.51 Å². The zero-order valence-electron chi connectivity index (χ0n) is 13.4. The number of β-lactam (4-membered cyclic amide) rings is 1. The fourth-order valence-electron chi connectivity index (χ4n) is 2.43. The van der Waals surface area contributed by atoms with Crippen molar-refractivity contribution in [3.05, 3.63) is 28.4 Å². The molecule has 142 valence electrons. The number of aromatic nitrogens is 1. The highest BCUT2D eigenvalue weighted by molar-refractivity contribution is 8.00. The monoisotopic (exact) mass is 412 g/mol. The van der Waals surface area contributed by atoms with Gasteiger partial charge in [0.2, 0.25) is 6.61 Å². The second-order valence-electron chi connectivity index (χ2n) is 5.26. The molecule has 0 spiro atoms. The van der Waals surface area contributed by atoms with Gasteiger partial charge in [0.25, 0.3) is 11.8 Å². The number of aliphatic carboxylic acids is 2. The molecule has 0 aliphatic carbocycles. The van der Waals surface area contributed by atoms with Crippen LogP contribution in [0.1, 0.15) is 5.69 Å². The summed E-state index contributed by atoms with van der Waals surface area (Å²) < 4.78 is 0. The van der Waals surface area contributed by atoms with Crippen LogP contribution < -0.4 is 5.32 Å². The molecule has 0 radical (unpaired) electrons. The molecular weight excluding hydrogens is 400 g/mol. The van der Waals surface area contributed by atoms with Crippen molar-refractivity contribution in [1.29, 1.82) is 0 Å². The SMILES string of the molecule is O=C(O)CON=C(C(=O)NC1C(=O)N2C(C(=O)O)=CCSC12)c1cscn1. The molecule has 13 heteroatoms. The van der Waals surface area contributed by atoms with Crippen LogP contribution >= 0.6 is 23.1 Å². The molecule has 0 saturated carbocycles. The van der Waals surface area contributed by atoms with Crippen molar-refractivity contribution in [2.24, 2.45) is 5.16 Å². The van der Waals surface area contributed by atoms with Crippen LogP contribution in [-0.2, 0) is 24.0 Å². The summed E-state index contributed by atoms with van der Waals surface area (Å²) >= 11 is 2.50. The summed E-state index contributed by atoms with van der Waals surface area (Å²) in [7, 11) is 0. The van der Waals surface area contributed by atoms with Crippen LogP contribution in [0.2, 0.25) is 0 Å². The Hall–Kier alpha value is -2.93. The summed E-state index contributed by atoms with van der Waals surface area (Å²) in [6.45, 7) is -0.748. The van der Waals surface area contributed by atoms with E-state index in [1.54, 1.807) is 0 Å². The molecule has 3 N–H and O–H groups in total. The molecule has 1 fully saturated rings. The van der Waals surface area contributed by atoms with Gasteiger partial charge in [-0.25, -0.2) is 14.6 Å². The molecule has 2 amide bonds. The number of nitrogens with one attached hydrogen (secondary N) is 1. The van der Waals surface area contributed by atoms with E-state index in [0.29, 0.717) is 5.75 Å². The Balaban J connectivity index is 1.73. The average Bonchev–Trinajstić information content (AvgIpc) is 3.16. The third-order valence-electron chi connectivity index (χ3n) is 3.59. The lowest BCUT2D eigenvalue weighted by Crippen LogP contribution is -2.70. The van der Waals surface area contributed by atoms with E-state index >= 15 is 0 Å². The fourth-order valence-corrected chi connectivity index (χ4v) is 4.17. The number of hydrogen-bond acceptors (Lipinski definition) is 9. The fraction of sp³-hybridized carbons (Fsp3) is 0.286. The van der Waals surface area contributed by atoms with E-state index in [-0.39, 0.29) is 17.1 Å². The van der Waals surface area contributed by atoms with E-state index in [1.807, 2.05) is 0 Å². The third-order valence-corrected chi connectivity index (χ3v) is 5.36. The molecule has 3 heterocycles. The number of carboxylic acid groups (broad SMARTS) is 2. The van der Waals surface area contributed by atoms with Gasteiger partial charge < -0.3 is 20.4 Å². The second-order valence-corrected chi connectivity index (χ2v) is 7.13. The van der Waals surface area contributed by atoms with Crippen LogP contribution in [-0.4, -0.2) is 73.3 Å². The van der Waals surface area contributed by atoms with Crippen molar-refractivity contribution in [3.63, 3.8) is 0 Å². The second kappa shape index (κ2) is 7.75. The first kappa shape index (κ1) is 18.8. The highest BCUT2D eigenvalue weighted by Gasteiger charge is 2.53. The number of oxime groups is 1. The Morgan fingerprint density at radius 3 is 2.81 bits per heavy atom. The average molecular weight is 412 g/mol. The lowest BCUT2D eigenvalue weighted by atomic mass is 10.0. The molecule has 2 atom stereocenters. The topological polar surface area (TPSA) is 158 Å². The van der Waals surface area contributed by atoms with Crippen molar-refractivity contribution in [3.8, 4) is 0 Å². The van der Waals surface area contributed by atoms with Crippen LogP contribution in [0.25, 0.3) is 0 Å². The molecule has 0 aromatic carbocycles. The zero-order chi connectivity index (χ0) is 19.6. The van der Waals surface area contributed by atoms with Gasteiger partial charge in [-0.3, -0.25) is 14.5 Å². The number of thiazole rings is 1. The van der Waals surface area contributed by atoms with Crippen LogP contribution in [0, 0.1) is 0 Å². The van der Waals surface area contributed by atoms with Crippen LogP contribution in [0.4, 0.5) is 0 Å². The molecule has 1 aromatic heterocycles. The molecule has 11 nitrogen and oxygen atoms in total. The Morgan fingerprint density at radius 1 is 1.41 bits per heavy atom. The lowest BCUT2D eigenvalue weighted by molar-refractivity contribution is -0.150. The number of carbonyl (C=O) groups is 4. The Labute approximate surface area is 159 Å². The summed E-state index contributed by atoms with van der Waals surface area (Å²) in [4.78, 5) is 56.2. The number of rotatable bonds is 7. The number of thioether (sulfide) groups is 1. The summed E-state index contributed by atoms with van der Waals surface area (Å²) in [5.41, 5.74) is 1.21. The highest BCUT2D eigenvalue weighted by Crippen LogP contribution is 2.37. The minimum atomic E-state index is -1.27. The van der Waals surface area contributed by atoms with Crippen molar-refractivity contribution in [2.75, 3.05) is 12.4 Å². The number of hydrogen-bond donors (Lipinski definition) is 3. The van der Waals surface area contributed by atoms with Gasteiger partial charge in [-0.1, -0.05) is 5.16 Å². The number of amides is 2. The maximum Gasteiger partial charge on any atom is 0.352 e. The van der Waals surface area contributed by atoms with Crippen LogP contribution in [0.5, 0.6) is 0 Å². The normalized spacial score (nSPS) is 21.6. The van der Waals surface area contributed by atoms with E-state index in [0.717, 1.165) is 4.90 Å². The molecule has 2 aliphatic rings.